The molecule has 108 valence electrons. The fourth-order valence-corrected chi connectivity index (χ4v) is 2.49. The number of nitrogens with one attached hydrogen (secondary N) is 1. The first-order chi connectivity index (χ1) is 9.67. The van der Waals surface area contributed by atoms with Gasteiger partial charge in [-0.05, 0) is 36.6 Å². The Labute approximate surface area is 122 Å². The average Bonchev–Trinajstić information content (AvgIpc) is 2.95. The molecule has 0 radical (unpaired) electrons. The van der Waals surface area contributed by atoms with Crippen LogP contribution < -0.4 is 5.32 Å². The zero-order valence-corrected chi connectivity index (χ0v) is 12.9. The van der Waals surface area contributed by atoms with Crippen LogP contribution >= 0.6 is 0 Å². The molecule has 0 bridgehead atoms. The van der Waals surface area contributed by atoms with Crippen molar-refractivity contribution in [3.8, 4) is 5.69 Å². The SMILES string of the molecule is CCNC(CC)c1ccccc1-n1ccc(C(C)C)n1. The summed E-state index contributed by atoms with van der Waals surface area (Å²) in [6.07, 6.45) is 3.13. The summed E-state index contributed by atoms with van der Waals surface area (Å²) in [5.41, 5.74) is 3.62. The van der Waals surface area contributed by atoms with E-state index in [1.54, 1.807) is 0 Å². The van der Waals surface area contributed by atoms with Crippen molar-refractivity contribution in [2.45, 2.75) is 46.1 Å². The van der Waals surface area contributed by atoms with Crippen LogP contribution in [0.3, 0.4) is 0 Å². The van der Waals surface area contributed by atoms with E-state index >= 15 is 0 Å². The third-order valence-corrected chi connectivity index (χ3v) is 3.62. The molecule has 20 heavy (non-hydrogen) atoms. The smallest absolute Gasteiger partial charge is 0.0693 e. The monoisotopic (exact) mass is 271 g/mol. The Bertz CT molecular complexity index is 543. The Balaban J connectivity index is 2.40. The second-order valence-electron chi connectivity index (χ2n) is 5.42. The van der Waals surface area contributed by atoms with Crippen LogP contribution in [0.25, 0.3) is 5.69 Å². The van der Waals surface area contributed by atoms with Gasteiger partial charge in [0.1, 0.15) is 0 Å². The highest BCUT2D eigenvalue weighted by molar-refractivity contribution is 5.42. The fourth-order valence-electron chi connectivity index (χ4n) is 2.49. The molecule has 1 aromatic carbocycles. The number of hydrogen-bond acceptors (Lipinski definition) is 2. The van der Waals surface area contributed by atoms with E-state index in [4.69, 9.17) is 5.10 Å². The van der Waals surface area contributed by atoms with Crippen LogP contribution in [0.15, 0.2) is 36.5 Å². The summed E-state index contributed by atoms with van der Waals surface area (Å²) in [6, 6.07) is 11.0. The Morgan fingerprint density at radius 2 is 1.90 bits per heavy atom. The summed E-state index contributed by atoms with van der Waals surface area (Å²) in [7, 11) is 0. The van der Waals surface area contributed by atoms with Gasteiger partial charge in [-0.25, -0.2) is 4.68 Å². The van der Waals surface area contributed by atoms with Crippen molar-refractivity contribution in [2.75, 3.05) is 6.54 Å². The zero-order chi connectivity index (χ0) is 14.5. The first kappa shape index (κ1) is 14.8. The first-order valence-corrected chi connectivity index (χ1v) is 7.55. The van der Waals surface area contributed by atoms with Crippen molar-refractivity contribution >= 4 is 0 Å². The molecule has 0 spiro atoms. The third kappa shape index (κ3) is 3.10. The molecule has 1 aromatic heterocycles. The topological polar surface area (TPSA) is 29.9 Å². The first-order valence-electron chi connectivity index (χ1n) is 7.55. The molecular weight excluding hydrogens is 246 g/mol. The maximum Gasteiger partial charge on any atom is 0.0693 e. The van der Waals surface area contributed by atoms with Crippen LogP contribution in [0.4, 0.5) is 0 Å². The van der Waals surface area contributed by atoms with E-state index in [1.807, 2.05) is 4.68 Å². The number of hydrogen-bond donors (Lipinski definition) is 1. The molecule has 0 saturated carbocycles. The third-order valence-electron chi connectivity index (χ3n) is 3.62. The molecule has 0 amide bonds. The maximum absolute atomic E-state index is 4.71. The lowest BCUT2D eigenvalue weighted by molar-refractivity contribution is 0.534. The highest BCUT2D eigenvalue weighted by Crippen LogP contribution is 2.24. The summed E-state index contributed by atoms with van der Waals surface area (Å²) in [5.74, 6) is 0.458. The summed E-state index contributed by atoms with van der Waals surface area (Å²) in [4.78, 5) is 0. The van der Waals surface area contributed by atoms with Gasteiger partial charge in [0.2, 0.25) is 0 Å². The van der Waals surface area contributed by atoms with Crippen LogP contribution in [0.1, 0.15) is 57.3 Å². The Kier molecular flexibility index (Phi) is 4.96. The summed E-state index contributed by atoms with van der Waals surface area (Å²) >= 11 is 0. The van der Waals surface area contributed by atoms with E-state index in [0.29, 0.717) is 12.0 Å². The molecule has 1 heterocycles. The van der Waals surface area contributed by atoms with Crippen molar-refractivity contribution in [1.82, 2.24) is 15.1 Å². The summed E-state index contributed by atoms with van der Waals surface area (Å²) in [6.45, 7) is 9.68. The van der Waals surface area contributed by atoms with E-state index in [1.165, 1.54) is 11.3 Å². The number of rotatable bonds is 6. The van der Waals surface area contributed by atoms with Crippen LogP contribution in [0.5, 0.6) is 0 Å². The molecule has 3 heteroatoms. The number of aromatic nitrogens is 2. The Morgan fingerprint density at radius 3 is 2.50 bits per heavy atom. The van der Waals surface area contributed by atoms with E-state index in [2.05, 4.69) is 69.5 Å². The van der Waals surface area contributed by atoms with Crippen molar-refractivity contribution in [3.63, 3.8) is 0 Å². The lowest BCUT2D eigenvalue weighted by Crippen LogP contribution is -2.21. The van der Waals surface area contributed by atoms with Crippen LogP contribution in [0.2, 0.25) is 0 Å². The average molecular weight is 271 g/mol. The second kappa shape index (κ2) is 6.71. The second-order valence-corrected chi connectivity index (χ2v) is 5.42. The molecule has 1 unspecified atom stereocenters. The largest absolute Gasteiger partial charge is 0.310 e. The van der Waals surface area contributed by atoms with Gasteiger partial charge in [0.25, 0.3) is 0 Å². The minimum Gasteiger partial charge on any atom is -0.310 e. The fraction of sp³-hybridized carbons (Fsp3) is 0.471. The molecule has 2 rings (SSSR count). The Morgan fingerprint density at radius 1 is 1.15 bits per heavy atom. The van der Waals surface area contributed by atoms with Gasteiger partial charge < -0.3 is 5.32 Å². The Hall–Kier alpha value is -1.61. The van der Waals surface area contributed by atoms with Crippen molar-refractivity contribution in [1.29, 1.82) is 0 Å². The number of nitrogens with zero attached hydrogens (tertiary/aromatic N) is 2. The normalized spacial score (nSPS) is 12.8. The highest BCUT2D eigenvalue weighted by Gasteiger charge is 2.14. The molecule has 1 atom stereocenters. The van der Waals surface area contributed by atoms with E-state index in [9.17, 15) is 0 Å². The molecule has 3 nitrogen and oxygen atoms in total. The lowest BCUT2D eigenvalue weighted by atomic mass is 10.0. The summed E-state index contributed by atoms with van der Waals surface area (Å²) < 4.78 is 2.00. The lowest BCUT2D eigenvalue weighted by Gasteiger charge is -2.19. The van der Waals surface area contributed by atoms with Gasteiger partial charge in [-0.1, -0.05) is 45.9 Å². The van der Waals surface area contributed by atoms with Crippen molar-refractivity contribution in [2.24, 2.45) is 0 Å². The van der Waals surface area contributed by atoms with Gasteiger partial charge in [0.05, 0.1) is 11.4 Å². The minimum atomic E-state index is 0.378. The van der Waals surface area contributed by atoms with E-state index < -0.39 is 0 Å². The standard InChI is InChI=1S/C17H25N3/c1-5-15(18-6-2)14-9-7-8-10-17(14)20-12-11-16(19-20)13(3)4/h7-13,15,18H,5-6H2,1-4H3. The zero-order valence-electron chi connectivity index (χ0n) is 12.9. The molecule has 0 fully saturated rings. The van der Waals surface area contributed by atoms with Gasteiger partial charge in [-0.3, -0.25) is 0 Å². The highest BCUT2D eigenvalue weighted by atomic mass is 15.3. The molecule has 0 saturated heterocycles. The molecule has 1 N–H and O–H groups in total. The van der Waals surface area contributed by atoms with Crippen LogP contribution in [-0.2, 0) is 0 Å². The minimum absolute atomic E-state index is 0.378. The van der Waals surface area contributed by atoms with Crippen molar-refractivity contribution < 1.29 is 0 Å². The van der Waals surface area contributed by atoms with Gasteiger partial charge >= 0.3 is 0 Å². The number of para-hydroxylation sites is 1. The molecule has 0 aliphatic rings. The van der Waals surface area contributed by atoms with Gasteiger partial charge in [0, 0.05) is 12.2 Å². The summed E-state index contributed by atoms with van der Waals surface area (Å²) in [5, 5.41) is 8.25. The molecular formula is C17H25N3. The maximum atomic E-state index is 4.71. The quantitative estimate of drug-likeness (QED) is 0.858. The molecule has 0 aliphatic heterocycles. The van der Waals surface area contributed by atoms with E-state index in [-0.39, 0.29) is 0 Å². The van der Waals surface area contributed by atoms with Gasteiger partial charge in [-0.15, -0.1) is 0 Å². The molecule has 2 aromatic rings. The van der Waals surface area contributed by atoms with Crippen LogP contribution in [0, 0.1) is 0 Å². The van der Waals surface area contributed by atoms with Crippen LogP contribution in [-0.4, -0.2) is 16.3 Å². The predicted molar refractivity (Wildman–Crippen MR) is 84.4 cm³/mol. The van der Waals surface area contributed by atoms with Gasteiger partial charge in [0.15, 0.2) is 0 Å². The molecule has 0 aliphatic carbocycles. The predicted octanol–water partition coefficient (Wildman–Crippen LogP) is 4.06. The van der Waals surface area contributed by atoms with E-state index in [0.717, 1.165) is 18.7 Å². The van der Waals surface area contributed by atoms with Crippen molar-refractivity contribution in [3.05, 3.63) is 47.8 Å². The van der Waals surface area contributed by atoms with Gasteiger partial charge in [-0.2, -0.15) is 5.10 Å². The number of benzene rings is 1.